The molecule has 0 aromatic carbocycles. The van der Waals surface area contributed by atoms with E-state index in [1.165, 1.54) is 20.0 Å². The molecule has 0 bridgehead atoms. The minimum Gasteiger partial charge on any atom is -0.468 e. The SMILES string of the molecule is COC(=O)C1(NCC2CC2)CCCOCC1. The molecule has 2 aliphatic rings. The van der Waals surface area contributed by atoms with Gasteiger partial charge in [0.2, 0.25) is 0 Å². The Labute approximate surface area is 96.7 Å². The molecular formula is C12H21NO3. The first kappa shape index (κ1) is 11.9. The number of nitrogens with one attached hydrogen (secondary N) is 1. The van der Waals surface area contributed by atoms with Gasteiger partial charge in [0.15, 0.2) is 0 Å². The van der Waals surface area contributed by atoms with Gasteiger partial charge in [-0.2, -0.15) is 0 Å². The molecule has 2 rings (SSSR count). The van der Waals surface area contributed by atoms with Crippen LogP contribution in [0, 0.1) is 5.92 Å². The van der Waals surface area contributed by atoms with Crippen LogP contribution in [0.1, 0.15) is 32.1 Å². The molecule has 4 heteroatoms. The summed E-state index contributed by atoms with van der Waals surface area (Å²) in [5.41, 5.74) is -0.492. The molecule has 1 unspecified atom stereocenters. The Bertz CT molecular complexity index is 243. The summed E-state index contributed by atoms with van der Waals surface area (Å²) in [6, 6.07) is 0. The highest BCUT2D eigenvalue weighted by Crippen LogP contribution is 2.30. The van der Waals surface area contributed by atoms with Crippen molar-refractivity contribution < 1.29 is 14.3 Å². The summed E-state index contributed by atoms with van der Waals surface area (Å²) in [6.45, 7) is 2.34. The summed E-state index contributed by atoms with van der Waals surface area (Å²) in [5, 5.41) is 3.43. The normalized spacial score (nSPS) is 30.8. The molecule has 16 heavy (non-hydrogen) atoms. The third kappa shape index (κ3) is 2.74. The van der Waals surface area contributed by atoms with Crippen LogP contribution >= 0.6 is 0 Å². The van der Waals surface area contributed by atoms with E-state index in [1.54, 1.807) is 0 Å². The zero-order valence-electron chi connectivity index (χ0n) is 9.96. The van der Waals surface area contributed by atoms with E-state index < -0.39 is 5.54 Å². The fourth-order valence-electron chi connectivity index (χ4n) is 2.26. The molecule has 0 aromatic heterocycles. The number of esters is 1. The van der Waals surface area contributed by atoms with E-state index in [0.29, 0.717) is 6.61 Å². The smallest absolute Gasteiger partial charge is 0.326 e. The molecule has 4 nitrogen and oxygen atoms in total. The van der Waals surface area contributed by atoms with Crippen LogP contribution in [0.5, 0.6) is 0 Å². The highest BCUT2D eigenvalue weighted by Gasteiger charge is 2.40. The second-order valence-electron chi connectivity index (χ2n) is 4.86. The molecule has 2 fully saturated rings. The molecular weight excluding hydrogens is 206 g/mol. The van der Waals surface area contributed by atoms with Gasteiger partial charge in [0.1, 0.15) is 5.54 Å². The van der Waals surface area contributed by atoms with Crippen molar-refractivity contribution in [3.05, 3.63) is 0 Å². The van der Waals surface area contributed by atoms with Crippen LogP contribution in [-0.4, -0.2) is 38.4 Å². The summed E-state index contributed by atoms with van der Waals surface area (Å²) in [5.74, 6) is 0.643. The molecule has 0 radical (unpaired) electrons. The van der Waals surface area contributed by atoms with Crippen molar-refractivity contribution in [2.24, 2.45) is 5.92 Å². The fraction of sp³-hybridized carbons (Fsp3) is 0.917. The van der Waals surface area contributed by atoms with E-state index in [2.05, 4.69) is 5.32 Å². The summed E-state index contributed by atoms with van der Waals surface area (Å²) in [4.78, 5) is 11.9. The first-order valence-corrected chi connectivity index (χ1v) is 6.18. The molecule has 0 aromatic rings. The Kier molecular flexibility index (Phi) is 3.82. The van der Waals surface area contributed by atoms with E-state index in [9.17, 15) is 4.79 Å². The highest BCUT2D eigenvalue weighted by molar-refractivity contribution is 5.80. The zero-order chi connectivity index (χ0) is 11.4. The topological polar surface area (TPSA) is 47.6 Å². The first-order valence-electron chi connectivity index (χ1n) is 6.18. The molecule has 1 atom stereocenters. The van der Waals surface area contributed by atoms with E-state index in [4.69, 9.17) is 9.47 Å². The Morgan fingerprint density at radius 2 is 2.25 bits per heavy atom. The fourth-order valence-corrected chi connectivity index (χ4v) is 2.26. The van der Waals surface area contributed by atoms with Gasteiger partial charge in [0.25, 0.3) is 0 Å². The molecule has 1 aliphatic carbocycles. The van der Waals surface area contributed by atoms with E-state index in [1.807, 2.05) is 0 Å². The number of hydrogen-bond donors (Lipinski definition) is 1. The number of hydrogen-bond acceptors (Lipinski definition) is 4. The minimum absolute atomic E-state index is 0.126. The Hall–Kier alpha value is -0.610. The lowest BCUT2D eigenvalue weighted by Crippen LogP contribution is -2.53. The van der Waals surface area contributed by atoms with Gasteiger partial charge in [-0.15, -0.1) is 0 Å². The van der Waals surface area contributed by atoms with Crippen LogP contribution in [0.4, 0.5) is 0 Å². The van der Waals surface area contributed by atoms with E-state index in [0.717, 1.165) is 38.3 Å². The summed E-state index contributed by atoms with van der Waals surface area (Å²) >= 11 is 0. The molecule has 0 amide bonds. The van der Waals surface area contributed by atoms with Gasteiger partial charge < -0.3 is 14.8 Å². The van der Waals surface area contributed by atoms with Gasteiger partial charge in [0.05, 0.1) is 7.11 Å². The molecule has 1 saturated carbocycles. The van der Waals surface area contributed by atoms with Crippen LogP contribution in [-0.2, 0) is 14.3 Å². The average Bonchev–Trinajstić information content (AvgIpc) is 3.12. The van der Waals surface area contributed by atoms with Crippen molar-refractivity contribution in [2.75, 3.05) is 26.9 Å². The van der Waals surface area contributed by atoms with Gasteiger partial charge in [-0.3, -0.25) is 4.79 Å². The van der Waals surface area contributed by atoms with E-state index in [-0.39, 0.29) is 5.97 Å². The van der Waals surface area contributed by atoms with Crippen LogP contribution in [0.25, 0.3) is 0 Å². The predicted molar refractivity (Wildman–Crippen MR) is 60.1 cm³/mol. The summed E-state index contributed by atoms with van der Waals surface area (Å²) < 4.78 is 10.4. The Morgan fingerprint density at radius 1 is 1.44 bits per heavy atom. The van der Waals surface area contributed by atoms with Crippen LogP contribution in [0.2, 0.25) is 0 Å². The molecule has 1 N–H and O–H groups in total. The minimum atomic E-state index is -0.492. The molecule has 1 heterocycles. The largest absolute Gasteiger partial charge is 0.468 e. The number of carbonyl (C=O) groups excluding carboxylic acids is 1. The van der Waals surface area contributed by atoms with Gasteiger partial charge in [0, 0.05) is 13.2 Å². The van der Waals surface area contributed by atoms with Crippen molar-refractivity contribution in [1.29, 1.82) is 0 Å². The van der Waals surface area contributed by atoms with Gasteiger partial charge in [-0.25, -0.2) is 0 Å². The van der Waals surface area contributed by atoms with Crippen molar-refractivity contribution in [2.45, 2.75) is 37.6 Å². The monoisotopic (exact) mass is 227 g/mol. The number of ether oxygens (including phenoxy) is 2. The molecule has 1 aliphatic heterocycles. The quantitative estimate of drug-likeness (QED) is 0.731. The van der Waals surface area contributed by atoms with Gasteiger partial charge in [-0.1, -0.05) is 0 Å². The Balaban J connectivity index is 1.99. The summed E-state index contributed by atoms with van der Waals surface area (Å²) in [7, 11) is 1.47. The Morgan fingerprint density at radius 3 is 2.94 bits per heavy atom. The van der Waals surface area contributed by atoms with Gasteiger partial charge >= 0.3 is 5.97 Å². The van der Waals surface area contributed by atoms with Crippen molar-refractivity contribution in [1.82, 2.24) is 5.32 Å². The first-order chi connectivity index (χ1) is 7.77. The van der Waals surface area contributed by atoms with Crippen molar-refractivity contribution in [3.63, 3.8) is 0 Å². The maximum Gasteiger partial charge on any atom is 0.326 e. The second-order valence-corrected chi connectivity index (χ2v) is 4.86. The molecule has 0 spiro atoms. The lowest BCUT2D eigenvalue weighted by molar-refractivity contribution is -0.149. The zero-order valence-corrected chi connectivity index (χ0v) is 9.96. The number of methoxy groups -OCH3 is 1. The van der Waals surface area contributed by atoms with E-state index >= 15 is 0 Å². The number of rotatable bonds is 4. The standard InChI is InChI=1S/C12H21NO3/c1-15-11(14)12(13-9-10-3-4-10)5-2-7-16-8-6-12/h10,13H,2-9H2,1H3. The maximum atomic E-state index is 11.9. The number of carbonyl (C=O) groups is 1. The van der Waals surface area contributed by atoms with Crippen LogP contribution in [0.15, 0.2) is 0 Å². The third-order valence-corrected chi connectivity index (χ3v) is 3.57. The maximum absolute atomic E-state index is 11.9. The lowest BCUT2D eigenvalue weighted by atomic mass is 9.90. The highest BCUT2D eigenvalue weighted by atomic mass is 16.5. The predicted octanol–water partition coefficient (Wildman–Crippen LogP) is 1.10. The van der Waals surface area contributed by atoms with Crippen LogP contribution in [0.3, 0.4) is 0 Å². The molecule has 92 valence electrons. The summed E-state index contributed by atoms with van der Waals surface area (Å²) in [6.07, 6.45) is 5.06. The van der Waals surface area contributed by atoms with Gasteiger partial charge in [-0.05, 0) is 44.6 Å². The lowest BCUT2D eigenvalue weighted by Gasteiger charge is -2.30. The van der Waals surface area contributed by atoms with Crippen molar-refractivity contribution in [3.8, 4) is 0 Å². The van der Waals surface area contributed by atoms with Crippen molar-refractivity contribution >= 4 is 5.97 Å². The third-order valence-electron chi connectivity index (χ3n) is 3.57. The second kappa shape index (κ2) is 5.15. The van der Waals surface area contributed by atoms with Crippen LogP contribution < -0.4 is 5.32 Å². The average molecular weight is 227 g/mol. The molecule has 1 saturated heterocycles.